The molecule has 3 heterocycles. The molecule has 0 radical (unpaired) electrons. The number of halogens is 3. The first-order chi connectivity index (χ1) is 14.4. The van der Waals surface area contributed by atoms with Gasteiger partial charge in [-0.3, -0.25) is 14.2 Å². The van der Waals surface area contributed by atoms with Crippen LogP contribution in [0.3, 0.4) is 0 Å². The molecule has 7 nitrogen and oxygen atoms in total. The monoisotopic (exact) mass is 413 g/mol. The largest absolute Gasteiger partial charge is 0.573 e. The normalized spacial score (nSPS) is 11.4. The first-order valence-corrected chi connectivity index (χ1v) is 8.78. The average molecular weight is 413 g/mol. The second kappa shape index (κ2) is 7.82. The lowest BCUT2D eigenvalue weighted by molar-refractivity contribution is -0.274. The maximum Gasteiger partial charge on any atom is 0.573 e. The number of nitrogens with zero attached hydrogens (tertiary/aromatic N) is 4. The molecule has 0 bridgehead atoms. The number of aromatic nitrogens is 4. The van der Waals surface area contributed by atoms with Gasteiger partial charge in [0.2, 0.25) is 0 Å². The van der Waals surface area contributed by atoms with Gasteiger partial charge in [-0.25, -0.2) is 0 Å². The van der Waals surface area contributed by atoms with Crippen molar-refractivity contribution in [1.29, 1.82) is 0 Å². The number of hydrogen-bond donors (Lipinski definition) is 1. The van der Waals surface area contributed by atoms with Crippen LogP contribution in [-0.2, 0) is 6.54 Å². The smallest absolute Gasteiger partial charge is 0.406 e. The molecule has 3 aromatic heterocycles. The highest BCUT2D eigenvalue weighted by atomic mass is 19.4. The Labute approximate surface area is 168 Å². The molecular formula is C20H14F3N5O2. The second-order valence-corrected chi connectivity index (χ2v) is 6.25. The fourth-order valence-electron chi connectivity index (χ4n) is 2.80. The molecule has 30 heavy (non-hydrogen) atoms. The fraction of sp³-hybridized carbons (Fsp3) is 0.100. The SMILES string of the molecule is O=C(NCc1ccccn1)c1ccc2nnc(-c3ccc(OC(F)(F)F)cc3)n2c1. The van der Waals surface area contributed by atoms with Gasteiger partial charge in [0.1, 0.15) is 5.75 Å². The lowest BCUT2D eigenvalue weighted by Crippen LogP contribution is -2.23. The highest BCUT2D eigenvalue weighted by Crippen LogP contribution is 2.26. The summed E-state index contributed by atoms with van der Waals surface area (Å²) in [5, 5.41) is 10.9. The van der Waals surface area contributed by atoms with Gasteiger partial charge in [0, 0.05) is 18.0 Å². The molecule has 0 unspecified atom stereocenters. The van der Waals surface area contributed by atoms with Crippen molar-refractivity contribution in [3.8, 4) is 17.1 Å². The lowest BCUT2D eigenvalue weighted by Gasteiger charge is -2.09. The minimum atomic E-state index is -4.76. The summed E-state index contributed by atoms with van der Waals surface area (Å²) in [5.41, 5.74) is 2.10. The molecule has 1 amide bonds. The quantitative estimate of drug-likeness (QED) is 0.541. The zero-order valence-electron chi connectivity index (χ0n) is 15.3. The molecule has 1 aromatic carbocycles. The van der Waals surface area contributed by atoms with Gasteiger partial charge in [0.05, 0.1) is 17.8 Å². The Hall–Kier alpha value is -3.95. The third-order valence-corrected chi connectivity index (χ3v) is 4.17. The minimum absolute atomic E-state index is 0.271. The zero-order valence-corrected chi connectivity index (χ0v) is 15.3. The van der Waals surface area contributed by atoms with Crippen molar-refractivity contribution >= 4 is 11.6 Å². The molecule has 0 saturated carbocycles. The standard InChI is InChI=1S/C20H14F3N5O2/c21-20(22,23)30-16-7-4-13(5-8-16)18-27-26-17-9-6-14(12-28(17)18)19(29)25-11-15-3-1-2-10-24-15/h1-10,12H,11H2,(H,25,29). The molecular weight excluding hydrogens is 399 g/mol. The van der Waals surface area contributed by atoms with Crippen LogP contribution in [-0.4, -0.2) is 31.9 Å². The van der Waals surface area contributed by atoms with Crippen molar-refractivity contribution in [3.63, 3.8) is 0 Å². The number of benzene rings is 1. The maximum atomic E-state index is 12.5. The Morgan fingerprint density at radius 3 is 2.53 bits per heavy atom. The first-order valence-electron chi connectivity index (χ1n) is 8.78. The molecule has 152 valence electrons. The van der Waals surface area contributed by atoms with Gasteiger partial charge in [0.15, 0.2) is 11.5 Å². The van der Waals surface area contributed by atoms with Crippen LogP contribution >= 0.6 is 0 Å². The molecule has 10 heteroatoms. The van der Waals surface area contributed by atoms with E-state index in [0.717, 1.165) is 5.69 Å². The van der Waals surface area contributed by atoms with E-state index >= 15 is 0 Å². The molecule has 0 aliphatic heterocycles. The van der Waals surface area contributed by atoms with Crippen molar-refractivity contribution in [2.24, 2.45) is 0 Å². The number of ether oxygens (including phenoxy) is 1. The van der Waals surface area contributed by atoms with Crippen LogP contribution in [0.5, 0.6) is 5.75 Å². The van der Waals surface area contributed by atoms with E-state index in [1.807, 2.05) is 6.07 Å². The summed E-state index contributed by atoms with van der Waals surface area (Å²) in [6.07, 6.45) is -1.55. The first kappa shape index (κ1) is 19.4. The van der Waals surface area contributed by atoms with E-state index in [2.05, 4.69) is 25.2 Å². The number of carbonyl (C=O) groups is 1. The second-order valence-electron chi connectivity index (χ2n) is 6.25. The van der Waals surface area contributed by atoms with Gasteiger partial charge < -0.3 is 10.1 Å². The zero-order chi connectivity index (χ0) is 21.1. The van der Waals surface area contributed by atoms with E-state index in [1.54, 1.807) is 41.1 Å². The number of carbonyl (C=O) groups excluding carboxylic acids is 1. The Kier molecular flexibility index (Phi) is 5.05. The van der Waals surface area contributed by atoms with Crippen molar-refractivity contribution in [2.75, 3.05) is 0 Å². The Bertz CT molecular complexity index is 1170. The lowest BCUT2D eigenvalue weighted by atomic mass is 10.2. The molecule has 4 rings (SSSR count). The van der Waals surface area contributed by atoms with Crippen LogP contribution < -0.4 is 10.1 Å². The number of nitrogens with one attached hydrogen (secondary N) is 1. The average Bonchev–Trinajstić information content (AvgIpc) is 3.15. The van der Waals surface area contributed by atoms with Gasteiger partial charge >= 0.3 is 6.36 Å². The number of fused-ring (bicyclic) bond motifs is 1. The van der Waals surface area contributed by atoms with Gasteiger partial charge in [-0.15, -0.1) is 23.4 Å². The van der Waals surface area contributed by atoms with Gasteiger partial charge in [-0.1, -0.05) is 6.07 Å². The molecule has 0 spiro atoms. The van der Waals surface area contributed by atoms with E-state index in [9.17, 15) is 18.0 Å². The Morgan fingerprint density at radius 2 is 1.83 bits per heavy atom. The summed E-state index contributed by atoms with van der Waals surface area (Å²) >= 11 is 0. The fourth-order valence-corrected chi connectivity index (χ4v) is 2.80. The van der Waals surface area contributed by atoms with Crippen LogP contribution in [0.4, 0.5) is 13.2 Å². The number of hydrogen-bond acceptors (Lipinski definition) is 5. The highest BCUT2D eigenvalue weighted by molar-refractivity contribution is 5.94. The Morgan fingerprint density at radius 1 is 1.03 bits per heavy atom. The molecule has 0 fully saturated rings. The van der Waals surface area contributed by atoms with Crippen LogP contribution in [0.15, 0.2) is 67.0 Å². The van der Waals surface area contributed by atoms with Crippen LogP contribution in [0, 0.1) is 0 Å². The van der Waals surface area contributed by atoms with Crippen LogP contribution in [0.25, 0.3) is 17.0 Å². The topological polar surface area (TPSA) is 81.4 Å². The molecule has 0 atom stereocenters. The predicted octanol–water partition coefficient (Wildman–Crippen LogP) is 3.62. The van der Waals surface area contributed by atoms with E-state index in [1.165, 1.54) is 24.3 Å². The molecule has 1 N–H and O–H groups in total. The minimum Gasteiger partial charge on any atom is -0.406 e. The third kappa shape index (κ3) is 4.37. The van der Waals surface area contributed by atoms with Crippen molar-refractivity contribution < 1.29 is 22.7 Å². The summed E-state index contributed by atoms with van der Waals surface area (Å²) in [4.78, 5) is 16.6. The van der Waals surface area contributed by atoms with Crippen LogP contribution in [0.1, 0.15) is 16.1 Å². The summed E-state index contributed by atoms with van der Waals surface area (Å²) in [6.45, 7) is 0.271. The summed E-state index contributed by atoms with van der Waals surface area (Å²) in [6, 6.07) is 13.9. The van der Waals surface area contributed by atoms with Crippen molar-refractivity contribution in [2.45, 2.75) is 12.9 Å². The van der Waals surface area contributed by atoms with Gasteiger partial charge in [-0.05, 0) is 48.5 Å². The Balaban J connectivity index is 1.56. The van der Waals surface area contributed by atoms with Crippen molar-refractivity contribution in [1.82, 2.24) is 24.9 Å². The highest BCUT2D eigenvalue weighted by Gasteiger charge is 2.31. The van der Waals surface area contributed by atoms with Gasteiger partial charge in [-0.2, -0.15) is 0 Å². The van der Waals surface area contributed by atoms with Gasteiger partial charge in [0.25, 0.3) is 5.91 Å². The number of rotatable bonds is 5. The number of amides is 1. The van der Waals surface area contributed by atoms with E-state index < -0.39 is 6.36 Å². The van der Waals surface area contributed by atoms with Crippen molar-refractivity contribution in [3.05, 3.63) is 78.2 Å². The molecule has 4 aromatic rings. The summed E-state index contributed by atoms with van der Waals surface area (Å²) in [5.74, 6) is -0.270. The summed E-state index contributed by atoms with van der Waals surface area (Å²) in [7, 11) is 0. The number of pyridine rings is 2. The molecule has 0 aliphatic rings. The third-order valence-electron chi connectivity index (χ3n) is 4.17. The van der Waals surface area contributed by atoms with E-state index in [-0.39, 0.29) is 18.2 Å². The van der Waals surface area contributed by atoms with E-state index in [4.69, 9.17) is 0 Å². The van der Waals surface area contributed by atoms with E-state index in [0.29, 0.717) is 22.6 Å². The summed E-state index contributed by atoms with van der Waals surface area (Å²) < 4.78 is 42.4. The number of alkyl halides is 3. The molecule has 0 saturated heterocycles. The maximum absolute atomic E-state index is 12.5. The molecule has 0 aliphatic carbocycles. The van der Waals surface area contributed by atoms with Crippen LogP contribution in [0.2, 0.25) is 0 Å². The predicted molar refractivity (Wildman–Crippen MR) is 101 cm³/mol.